The summed E-state index contributed by atoms with van der Waals surface area (Å²) in [6.07, 6.45) is 8.06. The van der Waals surface area contributed by atoms with E-state index in [0.717, 1.165) is 43.2 Å². The van der Waals surface area contributed by atoms with Gasteiger partial charge in [-0.1, -0.05) is 71.9 Å². The third-order valence-corrected chi connectivity index (χ3v) is 16.1. The molecule has 0 aromatic heterocycles. The minimum absolute atomic E-state index is 0.00286. The molecule has 1 aromatic rings. The molecular weight excluding hydrogens is 588 g/mol. The molecule has 5 aliphatic carbocycles. The van der Waals surface area contributed by atoms with Crippen molar-refractivity contribution in [2.45, 2.75) is 125 Å². The standard InChI is InChI=1S/C41H56O6/c1-23(2)26-15-20-41(34(44)45)22-31-40(10)38(8,32(26)41)19-17-28-37(7)18-16-27(24-11-13-25(14-12-24)33(42)43)35(3,4)29(37)21-30(39(28,40)9)46-36(5,6)47-31/h11-14,16,26,28-32H,1,15,17-22H2,2-10H3,(H,42,43)(H,44,45)/t26-,28+,29-,30-,31-,32+,37+,38+,39-,40+,41-/m0/s1. The molecule has 4 saturated carbocycles. The van der Waals surface area contributed by atoms with E-state index in [1.807, 2.05) is 26.0 Å². The van der Waals surface area contributed by atoms with Crippen LogP contribution in [0.4, 0.5) is 0 Å². The lowest BCUT2D eigenvalue weighted by molar-refractivity contribution is -0.306. The molecule has 7 rings (SSSR count). The summed E-state index contributed by atoms with van der Waals surface area (Å²) in [7, 11) is 0. The van der Waals surface area contributed by atoms with Gasteiger partial charge in [-0.2, -0.15) is 0 Å². The number of rotatable bonds is 4. The van der Waals surface area contributed by atoms with Crippen molar-refractivity contribution in [1.29, 1.82) is 0 Å². The maximum Gasteiger partial charge on any atom is 0.335 e. The molecule has 0 spiro atoms. The zero-order chi connectivity index (χ0) is 34.3. The van der Waals surface area contributed by atoms with Crippen LogP contribution >= 0.6 is 0 Å². The number of allylic oxidation sites excluding steroid dienone is 3. The fraction of sp³-hybridized carbons (Fsp3) is 0.707. The van der Waals surface area contributed by atoms with Crippen molar-refractivity contribution in [2.24, 2.45) is 56.2 Å². The number of hydrogen-bond acceptors (Lipinski definition) is 4. The molecule has 47 heavy (non-hydrogen) atoms. The predicted molar refractivity (Wildman–Crippen MR) is 183 cm³/mol. The summed E-state index contributed by atoms with van der Waals surface area (Å²) in [5.74, 6) is -1.57. The fourth-order valence-electron chi connectivity index (χ4n) is 14.0. The molecule has 2 N–H and O–H groups in total. The van der Waals surface area contributed by atoms with Gasteiger partial charge in [0.25, 0.3) is 0 Å². The third-order valence-electron chi connectivity index (χ3n) is 16.1. The third kappa shape index (κ3) is 3.92. The number of carboxylic acids is 2. The van der Waals surface area contributed by atoms with Gasteiger partial charge >= 0.3 is 11.9 Å². The Morgan fingerprint density at radius 1 is 0.872 bits per heavy atom. The lowest BCUT2D eigenvalue weighted by Crippen LogP contribution is -2.76. The Bertz CT molecular complexity index is 1570. The van der Waals surface area contributed by atoms with E-state index in [1.54, 1.807) is 12.1 Å². The summed E-state index contributed by atoms with van der Waals surface area (Å²) in [6, 6.07) is 7.39. The first-order chi connectivity index (χ1) is 21.7. The summed E-state index contributed by atoms with van der Waals surface area (Å²) < 4.78 is 14.4. The van der Waals surface area contributed by atoms with Gasteiger partial charge in [0, 0.05) is 10.8 Å². The minimum Gasteiger partial charge on any atom is -0.481 e. The Morgan fingerprint density at radius 2 is 1.51 bits per heavy atom. The van der Waals surface area contributed by atoms with Crippen LogP contribution in [0.5, 0.6) is 0 Å². The zero-order valence-corrected chi connectivity index (χ0v) is 30.0. The predicted octanol–water partition coefficient (Wildman–Crippen LogP) is 9.25. The summed E-state index contributed by atoms with van der Waals surface area (Å²) in [4.78, 5) is 25.1. The van der Waals surface area contributed by atoms with Crippen LogP contribution in [-0.2, 0) is 14.3 Å². The number of fused-ring (bicyclic) bond motifs is 4. The number of ether oxygens (including phenoxy) is 2. The highest BCUT2D eigenvalue weighted by molar-refractivity contribution is 5.88. The molecular formula is C41H56O6. The van der Waals surface area contributed by atoms with Crippen LogP contribution in [0, 0.1) is 56.2 Å². The van der Waals surface area contributed by atoms with Gasteiger partial charge in [0.15, 0.2) is 5.79 Å². The Kier molecular flexibility index (Phi) is 6.92. The average molecular weight is 645 g/mol. The smallest absolute Gasteiger partial charge is 0.335 e. The van der Waals surface area contributed by atoms with Crippen LogP contribution in [0.15, 0.2) is 42.5 Å². The van der Waals surface area contributed by atoms with Gasteiger partial charge in [-0.05, 0) is 129 Å². The highest BCUT2D eigenvalue weighted by Crippen LogP contribution is 2.82. The summed E-state index contributed by atoms with van der Waals surface area (Å²) in [5.41, 5.74) is 1.94. The van der Waals surface area contributed by atoms with Gasteiger partial charge in [0.05, 0.1) is 23.2 Å². The van der Waals surface area contributed by atoms with Gasteiger partial charge in [-0.3, -0.25) is 4.79 Å². The Morgan fingerprint density at radius 3 is 2.11 bits per heavy atom. The van der Waals surface area contributed by atoms with Crippen LogP contribution in [-0.4, -0.2) is 40.1 Å². The fourth-order valence-corrected chi connectivity index (χ4v) is 14.0. The molecule has 11 atom stereocenters. The van der Waals surface area contributed by atoms with E-state index in [0.29, 0.717) is 30.2 Å². The number of carboxylic acid groups (broad SMARTS) is 2. The first-order valence-electron chi connectivity index (χ1n) is 18.0. The number of hydrogen-bond donors (Lipinski definition) is 2. The van der Waals surface area contributed by atoms with Gasteiger partial charge in [0.1, 0.15) is 0 Å². The van der Waals surface area contributed by atoms with Gasteiger partial charge in [0.2, 0.25) is 0 Å². The van der Waals surface area contributed by atoms with Crippen molar-refractivity contribution in [3.05, 3.63) is 53.6 Å². The van der Waals surface area contributed by atoms with Gasteiger partial charge in [-0.25, -0.2) is 4.79 Å². The van der Waals surface area contributed by atoms with Crippen LogP contribution < -0.4 is 0 Å². The lowest BCUT2D eigenvalue weighted by atomic mass is 9.28. The average Bonchev–Trinajstić information content (AvgIpc) is 3.35. The van der Waals surface area contributed by atoms with Crippen molar-refractivity contribution < 1.29 is 29.3 Å². The van der Waals surface area contributed by atoms with Gasteiger partial charge < -0.3 is 19.7 Å². The van der Waals surface area contributed by atoms with Gasteiger partial charge in [-0.15, -0.1) is 0 Å². The molecule has 0 radical (unpaired) electrons. The molecule has 1 heterocycles. The van der Waals surface area contributed by atoms with E-state index in [-0.39, 0.29) is 51.1 Å². The SMILES string of the molecule is C=C(C)[C@@H]1CC[C@]2(C(=O)O)C[C@@H]3OC(C)(C)O[C@H]4C[C@H]5C(C)(C)C(c6ccc(C(=O)O)cc6)=CC[C@]5(C)[C@H]5CC[C@](C)([C@@H]12)[C@]3(C)[C@]45C. The molecule has 6 heteroatoms. The summed E-state index contributed by atoms with van der Waals surface area (Å²) in [6.45, 7) is 25.3. The Balaban J connectivity index is 1.40. The van der Waals surface area contributed by atoms with E-state index in [4.69, 9.17) is 9.47 Å². The van der Waals surface area contributed by atoms with Crippen molar-refractivity contribution >= 4 is 17.5 Å². The topological polar surface area (TPSA) is 93.1 Å². The van der Waals surface area contributed by atoms with Crippen molar-refractivity contribution in [2.75, 3.05) is 0 Å². The first kappa shape index (κ1) is 33.1. The van der Waals surface area contributed by atoms with E-state index in [2.05, 4.69) is 61.1 Å². The number of aromatic carboxylic acids is 1. The summed E-state index contributed by atoms with van der Waals surface area (Å²) >= 11 is 0. The quantitative estimate of drug-likeness (QED) is 0.318. The highest BCUT2D eigenvalue weighted by atomic mass is 16.7. The molecule has 1 aromatic carbocycles. The molecule has 256 valence electrons. The molecule has 0 unspecified atom stereocenters. The van der Waals surface area contributed by atoms with Crippen LogP contribution in [0.1, 0.15) is 123 Å². The second-order valence-corrected chi connectivity index (χ2v) is 18.5. The second kappa shape index (κ2) is 9.84. The van der Waals surface area contributed by atoms with Crippen LogP contribution in [0.2, 0.25) is 0 Å². The Labute approximate surface area is 281 Å². The van der Waals surface area contributed by atoms with Crippen molar-refractivity contribution in [3.63, 3.8) is 0 Å². The van der Waals surface area contributed by atoms with Crippen molar-refractivity contribution in [1.82, 2.24) is 0 Å². The number of aliphatic carboxylic acids is 1. The minimum atomic E-state index is -0.908. The van der Waals surface area contributed by atoms with Crippen LogP contribution in [0.25, 0.3) is 5.57 Å². The molecule has 1 aliphatic heterocycles. The monoisotopic (exact) mass is 644 g/mol. The van der Waals surface area contributed by atoms with E-state index in [9.17, 15) is 19.8 Å². The maximum atomic E-state index is 13.5. The molecule has 0 amide bonds. The highest BCUT2D eigenvalue weighted by Gasteiger charge is 2.81. The first-order valence-corrected chi connectivity index (χ1v) is 18.0. The van der Waals surface area contributed by atoms with E-state index in [1.165, 1.54) is 5.57 Å². The Hall–Kier alpha value is -2.44. The molecule has 6 nitrogen and oxygen atoms in total. The van der Waals surface area contributed by atoms with Crippen LogP contribution in [0.3, 0.4) is 0 Å². The second-order valence-electron chi connectivity index (χ2n) is 18.5. The molecule has 0 bridgehead atoms. The zero-order valence-electron chi connectivity index (χ0n) is 30.0. The maximum absolute atomic E-state index is 13.5. The number of carbonyl (C=O) groups is 2. The molecule has 5 fully saturated rings. The molecule has 1 saturated heterocycles. The summed E-state index contributed by atoms with van der Waals surface area (Å²) in [5, 5.41) is 20.6. The number of benzene rings is 1. The molecule has 6 aliphatic rings. The lowest BCUT2D eigenvalue weighted by Gasteiger charge is -2.77. The van der Waals surface area contributed by atoms with E-state index >= 15 is 0 Å². The largest absolute Gasteiger partial charge is 0.481 e. The van der Waals surface area contributed by atoms with Crippen molar-refractivity contribution in [3.8, 4) is 0 Å². The normalized spacial score (nSPS) is 47.4. The van der Waals surface area contributed by atoms with E-state index < -0.39 is 23.1 Å².